The van der Waals surface area contributed by atoms with Gasteiger partial charge in [-0.15, -0.1) is 0 Å². The first-order valence-corrected chi connectivity index (χ1v) is 10.8. The molecule has 0 saturated carbocycles. The maximum absolute atomic E-state index is 13.8. The van der Waals surface area contributed by atoms with E-state index in [1.807, 2.05) is 4.90 Å². The standard InChI is InChI=1S/C23H26F2N4O4/c1-3-27(14-21(30)26-22-17(24)7-4-8-18(22)25)23(31)16-9-10-19(20(12-16)29(32)33)28-11-5-6-15(2)13-28/h4,7-10,12,15H,3,5-6,11,13-14H2,1-2H3,(H,26,30). The number of benzene rings is 2. The molecule has 0 aromatic heterocycles. The van der Waals surface area contributed by atoms with Crippen LogP contribution in [0.5, 0.6) is 0 Å². The van der Waals surface area contributed by atoms with E-state index in [4.69, 9.17) is 0 Å². The first-order valence-electron chi connectivity index (χ1n) is 10.8. The second kappa shape index (κ2) is 10.4. The van der Waals surface area contributed by atoms with Crippen LogP contribution in [0.15, 0.2) is 36.4 Å². The van der Waals surface area contributed by atoms with Crippen LogP contribution in [-0.4, -0.2) is 47.8 Å². The summed E-state index contributed by atoms with van der Waals surface area (Å²) in [7, 11) is 0. The van der Waals surface area contributed by atoms with Crippen molar-refractivity contribution < 1.29 is 23.3 Å². The van der Waals surface area contributed by atoms with Crippen molar-refractivity contribution in [1.29, 1.82) is 0 Å². The molecular weight excluding hydrogens is 434 g/mol. The van der Waals surface area contributed by atoms with E-state index in [-0.39, 0.29) is 17.8 Å². The van der Waals surface area contributed by atoms with Crippen molar-refractivity contribution >= 4 is 28.9 Å². The number of halogens is 2. The fraction of sp³-hybridized carbons (Fsp3) is 0.391. The Balaban J connectivity index is 1.78. The van der Waals surface area contributed by atoms with Crippen LogP contribution < -0.4 is 10.2 Å². The molecule has 1 unspecified atom stereocenters. The number of hydrogen-bond acceptors (Lipinski definition) is 5. The molecule has 0 radical (unpaired) electrons. The minimum atomic E-state index is -0.934. The van der Waals surface area contributed by atoms with Crippen LogP contribution in [0.3, 0.4) is 0 Å². The molecule has 3 rings (SSSR count). The van der Waals surface area contributed by atoms with Gasteiger partial charge in [0.2, 0.25) is 5.91 Å². The molecule has 33 heavy (non-hydrogen) atoms. The van der Waals surface area contributed by atoms with Gasteiger partial charge in [0.25, 0.3) is 11.6 Å². The molecule has 1 N–H and O–H groups in total. The van der Waals surface area contributed by atoms with Crippen LogP contribution in [0.1, 0.15) is 37.0 Å². The molecule has 2 amide bonds. The lowest BCUT2D eigenvalue weighted by atomic mass is 9.99. The number of nitro benzene ring substituents is 1. The summed E-state index contributed by atoms with van der Waals surface area (Å²) >= 11 is 0. The third-order valence-corrected chi connectivity index (χ3v) is 5.65. The molecule has 0 aliphatic carbocycles. The van der Waals surface area contributed by atoms with Gasteiger partial charge in [-0.3, -0.25) is 19.7 Å². The minimum absolute atomic E-state index is 0.0576. The average molecular weight is 460 g/mol. The first-order chi connectivity index (χ1) is 15.7. The monoisotopic (exact) mass is 460 g/mol. The van der Waals surface area contributed by atoms with Gasteiger partial charge in [0.1, 0.15) is 29.6 Å². The summed E-state index contributed by atoms with van der Waals surface area (Å²) in [6.45, 7) is 4.77. The lowest BCUT2D eigenvalue weighted by Gasteiger charge is -2.32. The largest absolute Gasteiger partial charge is 0.366 e. The number of nitrogens with one attached hydrogen (secondary N) is 1. The Morgan fingerprint density at radius 1 is 1.24 bits per heavy atom. The molecule has 0 bridgehead atoms. The van der Waals surface area contributed by atoms with Gasteiger partial charge in [-0.05, 0) is 49.9 Å². The Labute approximate surface area is 190 Å². The molecule has 0 spiro atoms. The lowest BCUT2D eigenvalue weighted by molar-refractivity contribution is -0.384. The van der Waals surface area contributed by atoms with Crippen LogP contribution in [0.2, 0.25) is 0 Å². The highest BCUT2D eigenvalue weighted by atomic mass is 19.1. The SMILES string of the molecule is CCN(CC(=O)Nc1c(F)cccc1F)C(=O)c1ccc(N2CCCC(C)C2)c([N+](=O)[O-])c1. The van der Waals surface area contributed by atoms with Crippen molar-refractivity contribution in [3.05, 3.63) is 63.7 Å². The van der Waals surface area contributed by atoms with Gasteiger partial charge in [-0.1, -0.05) is 13.0 Å². The van der Waals surface area contributed by atoms with E-state index in [1.54, 1.807) is 13.0 Å². The zero-order chi connectivity index (χ0) is 24.1. The van der Waals surface area contributed by atoms with E-state index in [1.165, 1.54) is 18.2 Å². The van der Waals surface area contributed by atoms with Crippen LogP contribution in [0, 0.1) is 27.7 Å². The fourth-order valence-electron chi connectivity index (χ4n) is 3.96. The number of piperidine rings is 1. The molecule has 1 fully saturated rings. The van der Waals surface area contributed by atoms with Crippen molar-refractivity contribution in [2.75, 3.05) is 36.4 Å². The summed E-state index contributed by atoms with van der Waals surface area (Å²) in [5.74, 6) is -2.84. The number of carbonyl (C=O) groups excluding carboxylic acids is 2. The highest BCUT2D eigenvalue weighted by Gasteiger charge is 2.27. The van der Waals surface area contributed by atoms with E-state index < -0.39 is 40.6 Å². The van der Waals surface area contributed by atoms with Crippen molar-refractivity contribution in [2.45, 2.75) is 26.7 Å². The van der Waals surface area contributed by atoms with E-state index in [0.29, 0.717) is 24.7 Å². The number of nitrogens with zero attached hydrogens (tertiary/aromatic N) is 3. The van der Waals surface area contributed by atoms with Gasteiger partial charge in [0, 0.05) is 31.3 Å². The Bertz CT molecular complexity index is 1040. The lowest BCUT2D eigenvalue weighted by Crippen LogP contribution is -2.38. The van der Waals surface area contributed by atoms with E-state index in [9.17, 15) is 28.5 Å². The molecule has 1 saturated heterocycles. The second-order valence-corrected chi connectivity index (χ2v) is 8.12. The maximum atomic E-state index is 13.8. The van der Waals surface area contributed by atoms with Crippen LogP contribution in [0.25, 0.3) is 0 Å². The van der Waals surface area contributed by atoms with Crippen molar-refractivity contribution in [3.63, 3.8) is 0 Å². The zero-order valence-corrected chi connectivity index (χ0v) is 18.5. The number of likely N-dealkylation sites (N-methyl/N-ethyl adjacent to an activating group) is 1. The normalized spacial score (nSPS) is 15.8. The average Bonchev–Trinajstić information content (AvgIpc) is 2.79. The molecular formula is C23H26F2N4O4. The number of carbonyl (C=O) groups is 2. The fourth-order valence-corrected chi connectivity index (χ4v) is 3.96. The predicted octanol–water partition coefficient (Wildman–Crippen LogP) is 4.21. The Kier molecular flexibility index (Phi) is 7.57. The van der Waals surface area contributed by atoms with Crippen molar-refractivity contribution in [1.82, 2.24) is 4.90 Å². The third-order valence-electron chi connectivity index (χ3n) is 5.65. The molecule has 2 aromatic rings. The Morgan fingerprint density at radius 2 is 1.94 bits per heavy atom. The second-order valence-electron chi connectivity index (χ2n) is 8.12. The van der Waals surface area contributed by atoms with Gasteiger partial charge in [-0.2, -0.15) is 0 Å². The number of hydrogen-bond donors (Lipinski definition) is 1. The number of anilines is 2. The van der Waals surface area contributed by atoms with E-state index >= 15 is 0 Å². The van der Waals surface area contributed by atoms with E-state index in [2.05, 4.69) is 12.2 Å². The molecule has 10 heteroatoms. The molecule has 1 heterocycles. The summed E-state index contributed by atoms with van der Waals surface area (Å²) in [6, 6.07) is 7.46. The summed E-state index contributed by atoms with van der Waals surface area (Å²) in [5.41, 5.74) is -0.258. The quantitative estimate of drug-likeness (QED) is 0.493. The summed E-state index contributed by atoms with van der Waals surface area (Å²) < 4.78 is 27.6. The van der Waals surface area contributed by atoms with Crippen LogP contribution in [-0.2, 0) is 4.79 Å². The topological polar surface area (TPSA) is 95.8 Å². The third kappa shape index (κ3) is 5.63. The van der Waals surface area contributed by atoms with Gasteiger partial charge in [0.15, 0.2) is 0 Å². The van der Waals surface area contributed by atoms with Crippen molar-refractivity contribution in [3.8, 4) is 0 Å². The van der Waals surface area contributed by atoms with Crippen LogP contribution in [0.4, 0.5) is 25.8 Å². The van der Waals surface area contributed by atoms with Gasteiger partial charge >= 0.3 is 0 Å². The van der Waals surface area contributed by atoms with Crippen LogP contribution >= 0.6 is 0 Å². The van der Waals surface area contributed by atoms with Gasteiger partial charge in [0.05, 0.1) is 4.92 Å². The molecule has 1 atom stereocenters. The van der Waals surface area contributed by atoms with E-state index in [0.717, 1.165) is 29.9 Å². The molecule has 1 aliphatic heterocycles. The summed E-state index contributed by atoms with van der Waals surface area (Å²) in [5, 5.41) is 13.9. The molecule has 2 aromatic carbocycles. The zero-order valence-electron chi connectivity index (χ0n) is 18.5. The smallest absolute Gasteiger partial charge is 0.293 e. The number of para-hydroxylation sites is 1. The minimum Gasteiger partial charge on any atom is -0.366 e. The van der Waals surface area contributed by atoms with Crippen molar-refractivity contribution in [2.24, 2.45) is 5.92 Å². The predicted molar refractivity (Wildman–Crippen MR) is 120 cm³/mol. The van der Waals surface area contributed by atoms with Gasteiger partial charge in [-0.25, -0.2) is 8.78 Å². The Morgan fingerprint density at radius 3 is 2.55 bits per heavy atom. The first kappa shape index (κ1) is 24.1. The molecule has 8 nitrogen and oxygen atoms in total. The number of amides is 2. The highest BCUT2D eigenvalue weighted by molar-refractivity contribution is 6.00. The molecule has 176 valence electrons. The number of nitro groups is 1. The summed E-state index contributed by atoms with van der Waals surface area (Å²) in [6.07, 6.45) is 1.99. The highest BCUT2D eigenvalue weighted by Crippen LogP contribution is 2.32. The molecule has 1 aliphatic rings. The Hall–Kier alpha value is -3.56. The summed E-state index contributed by atoms with van der Waals surface area (Å²) in [4.78, 5) is 39.6. The van der Waals surface area contributed by atoms with Gasteiger partial charge < -0.3 is 15.1 Å². The maximum Gasteiger partial charge on any atom is 0.293 e. The number of rotatable bonds is 7.